The van der Waals surface area contributed by atoms with E-state index >= 15 is 0 Å². The summed E-state index contributed by atoms with van der Waals surface area (Å²) in [4.78, 5) is 17.6. The fourth-order valence-corrected chi connectivity index (χ4v) is 3.77. The van der Waals surface area contributed by atoms with Crippen LogP contribution >= 0.6 is 11.8 Å². The lowest BCUT2D eigenvalue weighted by molar-refractivity contribution is 0.414. The number of thioether (sulfide) groups is 1. The SMILES string of the molecule is COc1ccc(CSc2nc3ccccc3c(=O)n2C2CC2)cc1. The highest BCUT2D eigenvalue weighted by Gasteiger charge is 2.28. The molecular formula is C19H18N2O2S. The van der Waals surface area contributed by atoms with Gasteiger partial charge in [-0.15, -0.1) is 0 Å². The molecule has 5 heteroatoms. The molecule has 0 saturated heterocycles. The highest BCUT2D eigenvalue weighted by atomic mass is 32.2. The molecule has 1 aromatic heterocycles. The molecule has 1 fully saturated rings. The van der Waals surface area contributed by atoms with Crippen LogP contribution in [0, 0.1) is 0 Å². The van der Waals surface area contributed by atoms with Gasteiger partial charge in [0.05, 0.1) is 18.0 Å². The lowest BCUT2D eigenvalue weighted by Crippen LogP contribution is -2.22. The Bertz CT molecular complexity index is 930. The van der Waals surface area contributed by atoms with Crippen molar-refractivity contribution in [2.75, 3.05) is 7.11 Å². The van der Waals surface area contributed by atoms with Crippen molar-refractivity contribution in [3.63, 3.8) is 0 Å². The number of benzene rings is 2. The third kappa shape index (κ3) is 2.91. The van der Waals surface area contributed by atoms with E-state index in [1.807, 2.05) is 53.1 Å². The van der Waals surface area contributed by atoms with Crippen molar-refractivity contribution >= 4 is 22.7 Å². The van der Waals surface area contributed by atoms with E-state index in [4.69, 9.17) is 9.72 Å². The zero-order chi connectivity index (χ0) is 16.5. The number of nitrogens with zero attached hydrogens (tertiary/aromatic N) is 2. The van der Waals surface area contributed by atoms with Crippen molar-refractivity contribution in [3.8, 4) is 5.75 Å². The van der Waals surface area contributed by atoms with Crippen molar-refractivity contribution in [1.29, 1.82) is 0 Å². The lowest BCUT2D eigenvalue weighted by atomic mass is 10.2. The molecule has 1 aliphatic carbocycles. The van der Waals surface area contributed by atoms with E-state index in [0.717, 1.165) is 35.0 Å². The third-order valence-electron chi connectivity index (χ3n) is 4.21. The first-order valence-electron chi connectivity index (χ1n) is 8.03. The van der Waals surface area contributed by atoms with E-state index < -0.39 is 0 Å². The predicted molar refractivity (Wildman–Crippen MR) is 96.8 cm³/mol. The van der Waals surface area contributed by atoms with Crippen molar-refractivity contribution in [2.45, 2.75) is 29.8 Å². The summed E-state index contributed by atoms with van der Waals surface area (Å²) >= 11 is 1.62. The molecular weight excluding hydrogens is 320 g/mol. The number of hydrogen-bond donors (Lipinski definition) is 0. The Morgan fingerprint density at radius 2 is 1.92 bits per heavy atom. The molecule has 0 amide bonds. The summed E-state index contributed by atoms with van der Waals surface area (Å²) in [5.41, 5.74) is 2.04. The van der Waals surface area contributed by atoms with Gasteiger partial charge in [0.2, 0.25) is 0 Å². The summed E-state index contributed by atoms with van der Waals surface area (Å²) < 4.78 is 7.08. The Labute approximate surface area is 144 Å². The molecule has 0 bridgehead atoms. The van der Waals surface area contributed by atoms with E-state index in [-0.39, 0.29) is 5.56 Å². The second kappa shape index (κ2) is 6.32. The number of rotatable bonds is 5. The van der Waals surface area contributed by atoms with Crippen LogP contribution in [0.5, 0.6) is 5.75 Å². The summed E-state index contributed by atoms with van der Waals surface area (Å²) in [7, 11) is 1.66. The van der Waals surface area contributed by atoms with E-state index in [2.05, 4.69) is 0 Å². The maximum absolute atomic E-state index is 12.8. The summed E-state index contributed by atoms with van der Waals surface area (Å²) in [6.45, 7) is 0. The quantitative estimate of drug-likeness (QED) is 0.520. The van der Waals surface area contributed by atoms with Gasteiger partial charge in [-0.3, -0.25) is 9.36 Å². The fraction of sp³-hybridized carbons (Fsp3) is 0.263. The zero-order valence-electron chi connectivity index (χ0n) is 13.4. The molecule has 4 nitrogen and oxygen atoms in total. The van der Waals surface area contributed by atoms with Crippen LogP contribution in [-0.4, -0.2) is 16.7 Å². The third-order valence-corrected chi connectivity index (χ3v) is 5.24. The molecule has 24 heavy (non-hydrogen) atoms. The highest BCUT2D eigenvalue weighted by molar-refractivity contribution is 7.98. The highest BCUT2D eigenvalue weighted by Crippen LogP contribution is 2.37. The van der Waals surface area contributed by atoms with Crippen LogP contribution in [0.2, 0.25) is 0 Å². The van der Waals surface area contributed by atoms with Crippen LogP contribution in [0.3, 0.4) is 0 Å². The molecule has 2 aromatic carbocycles. The molecule has 1 aliphatic rings. The van der Waals surface area contributed by atoms with Gasteiger partial charge in [-0.05, 0) is 42.7 Å². The Kier molecular flexibility index (Phi) is 4.02. The Hall–Kier alpha value is -2.27. The number of methoxy groups -OCH3 is 1. The first-order chi connectivity index (χ1) is 11.8. The van der Waals surface area contributed by atoms with Crippen molar-refractivity contribution in [2.24, 2.45) is 0 Å². The lowest BCUT2D eigenvalue weighted by Gasteiger charge is -2.12. The van der Waals surface area contributed by atoms with Crippen LogP contribution < -0.4 is 10.3 Å². The van der Waals surface area contributed by atoms with Crippen LogP contribution in [0.15, 0.2) is 58.5 Å². The van der Waals surface area contributed by atoms with Gasteiger partial charge in [0.1, 0.15) is 5.75 Å². The van der Waals surface area contributed by atoms with Crippen molar-refractivity contribution < 1.29 is 4.74 Å². The second-order valence-electron chi connectivity index (χ2n) is 5.95. The Morgan fingerprint density at radius 3 is 2.62 bits per heavy atom. The van der Waals surface area contributed by atoms with E-state index in [1.165, 1.54) is 5.56 Å². The monoisotopic (exact) mass is 338 g/mol. The molecule has 4 rings (SSSR count). The Balaban J connectivity index is 1.67. The standard InChI is InChI=1S/C19H18N2O2S/c1-23-15-10-6-13(7-11-15)12-24-19-20-17-5-3-2-4-16(17)18(22)21(19)14-8-9-14/h2-7,10-11,14H,8-9,12H2,1H3. The summed E-state index contributed by atoms with van der Waals surface area (Å²) in [6, 6.07) is 15.9. The molecule has 0 aliphatic heterocycles. The van der Waals surface area contributed by atoms with Gasteiger partial charge < -0.3 is 4.74 Å². The van der Waals surface area contributed by atoms with Gasteiger partial charge in [0.15, 0.2) is 5.16 Å². The molecule has 0 radical (unpaired) electrons. The van der Waals surface area contributed by atoms with Gasteiger partial charge in [-0.2, -0.15) is 0 Å². The van der Waals surface area contributed by atoms with Gasteiger partial charge in [0, 0.05) is 11.8 Å². The molecule has 122 valence electrons. The minimum Gasteiger partial charge on any atom is -0.497 e. The molecule has 0 spiro atoms. The average molecular weight is 338 g/mol. The van der Waals surface area contributed by atoms with Gasteiger partial charge >= 0.3 is 0 Å². The first kappa shape index (κ1) is 15.3. The van der Waals surface area contributed by atoms with Gasteiger partial charge in [0.25, 0.3) is 5.56 Å². The number of ether oxygens (including phenoxy) is 1. The predicted octanol–water partition coefficient (Wildman–Crippen LogP) is 4.03. The minimum absolute atomic E-state index is 0.0836. The van der Waals surface area contributed by atoms with Gasteiger partial charge in [-0.1, -0.05) is 36.0 Å². The van der Waals surface area contributed by atoms with Crippen LogP contribution in [-0.2, 0) is 5.75 Å². The summed E-state index contributed by atoms with van der Waals surface area (Å²) in [5, 5.41) is 1.52. The zero-order valence-corrected chi connectivity index (χ0v) is 14.3. The van der Waals surface area contributed by atoms with E-state index in [9.17, 15) is 4.79 Å². The maximum Gasteiger partial charge on any atom is 0.262 e. The number of hydrogen-bond acceptors (Lipinski definition) is 4. The average Bonchev–Trinajstić information content (AvgIpc) is 3.45. The van der Waals surface area contributed by atoms with Crippen LogP contribution in [0.25, 0.3) is 10.9 Å². The minimum atomic E-state index is 0.0836. The number of fused-ring (bicyclic) bond motifs is 1. The normalized spacial score (nSPS) is 14.0. The maximum atomic E-state index is 12.8. The first-order valence-corrected chi connectivity index (χ1v) is 9.02. The molecule has 1 saturated carbocycles. The molecule has 0 atom stereocenters. The largest absolute Gasteiger partial charge is 0.497 e. The van der Waals surface area contributed by atoms with Crippen molar-refractivity contribution in [1.82, 2.24) is 9.55 Å². The molecule has 1 heterocycles. The number of para-hydroxylation sites is 1. The van der Waals surface area contributed by atoms with Crippen LogP contribution in [0.4, 0.5) is 0 Å². The smallest absolute Gasteiger partial charge is 0.262 e. The van der Waals surface area contributed by atoms with Crippen molar-refractivity contribution in [3.05, 3.63) is 64.4 Å². The van der Waals surface area contributed by atoms with E-state index in [0.29, 0.717) is 11.4 Å². The second-order valence-corrected chi connectivity index (χ2v) is 6.90. The molecule has 3 aromatic rings. The Morgan fingerprint density at radius 1 is 1.17 bits per heavy atom. The molecule has 0 N–H and O–H groups in total. The number of aromatic nitrogens is 2. The fourth-order valence-electron chi connectivity index (χ4n) is 2.75. The van der Waals surface area contributed by atoms with Gasteiger partial charge in [-0.25, -0.2) is 4.98 Å². The summed E-state index contributed by atoms with van der Waals surface area (Å²) in [5.74, 6) is 1.63. The van der Waals surface area contributed by atoms with Crippen LogP contribution in [0.1, 0.15) is 24.4 Å². The van der Waals surface area contributed by atoms with E-state index in [1.54, 1.807) is 18.9 Å². The summed E-state index contributed by atoms with van der Waals surface area (Å²) in [6.07, 6.45) is 2.13. The molecule has 0 unspecified atom stereocenters. The topological polar surface area (TPSA) is 44.1 Å².